The summed E-state index contributed by atoms with van der Waals surface area (Å²) in [4.78, 5) is 6.80. The zero-order valence-electron chi connectivity index (χ0n) is 13.1. The summed E-state index contributed by atoms with van der Waals surface area (Å²) >= 11 is 0. The molecule has 0 unspecified atom stereocenters. The number of likely N-dealkylation sites (tertiary alicyclic amines) is 1. The molecule has 3 nitrogen and oxygen atoms in total. The Morgan fingerprint density at radius 3 is 2.86 bits per heavy atom. The van der Waals surface area contributed by atoms with Gasteiger partial charge in [-0.05, 0) is 62.2 Å². The van der Waals surface area contributed by atoms with E-state index in [1.807, 2.05) is 12.3 Å². The Hall–Kier alpha value is -1.45. The highest BCUT2D eigenvalue weighted by Crippen LogP contribution is 2.29. The Kier molecular flexibility index (Phi) is 4.22. The molecule has 3 rings (SSSR count). The molecule has 1 aliphatic rings. The first kappa shape index (κ1) is 14.5. The smallest absolute Gasteiger partial charge is 0.0702 e. The molecule has 0 saturated carbocycles. The van der Waals surface area contributed by atoms with Gasteiger partial charge in [-0.2, -0.15) is 0 Å². The summed E-state index contributed by atoms with van der Waals surface area (Å²) in [5.74, 6) is 0. The number of pyridine rings is 1. The van der Waals surface area contributed by atoms with Crippen LogP contribution in [0.5, 0.6) is 0 Å². The fourth-order valence-corrected chi connectivity index (χ4v) is 3.08. The molecule has 0 bridgehead atoms. The second kappa shape index (κ2) is 6.12. The topological polar surface area (TPSA) is 28.2 Å². The van der Waals surface area contributed by atoms with Gasteiger partial charge in [0.2, 0.25) is 0 Å². The van der Waals surface area contributed by atoms with Crippen molar-refractivity contribution < 1.29 is 0 Å². The number of nitrogens with zero attached hydrogens (tertiary/aromatic N) is 2. The maximum atomic E-state index is 4.37. The SMILES string of the molecule is CN1CCC(C)(CNCc2ccc3ncccc3c2)CC1. The Labute approximate surface area is 127 Å². The van der Waals surface area contributed by atoms with Crippen LogP contribution in [0.1, 0.15) is 25.3 Å². The molecule has 1 aromatic heterocycles. The average Bonchev–Trinajstić information content (AvgIpc) is 2.50. The van der Waals surface area contributed by atoms with E-state index < -0.39 is 0 Å². The second-order valence-corrected chi connectivity index (χ2v) is 6.75. The molecule has 3 heteroatoms. The summed E-state index contributed by atoms with van der Waals surface area (Å²) in [6.45, 7) is 6.90. The number of piperidine rings is 1. The van der Waals surface area contributed by atoms with Gasteiger partial charge in [-0.25, -0.2) is 0 Å². The largest absolute Gasteiger partial charge is 0.312 e. The van der Waals surface area contributed by atoms with Crippen molar-refractivity contribution in [3.63, 3.8) is 0 Å². The third-order valence-corrected chi connectivity index (χ3v) is 4.74. The van der Waals surface area contributed by atoms with Crippen LogP contribution < -0.4 is 5.32 Å². The average molecular weight is 283 g/mol. The highest BCUT2D eigenvalue weighted by molar-refractivity contribution is 5.78. The third-order valence-electron chi connectivity index (χ3n) is 4.74. The lowest BCUT2D eigenvalue weighted by molar-refractivity contribution is 0.137. The van der Waals surface area contributed by atoms with Gasteiger partial charge in [0.25, 0.3) is 0 Å². The Bertz CT molecular complexity index is 600. The van der Waals surface area contributed by atoms with Crippen molar-refractivity contribution in [3.8, 4) is 0 Å². The van der Waals surface area contributed by atoms with E-state index in [1.54, 1.807) is 0 Å². The van der Waals surface area contributed by atoms with E-state index in [1.165, 1.54) is 36.9 Å². The summed E-state index contributed by atoms with van der Waals surface area (Å²) in [5.41, 5.74) is 2.86. The number of rotatable bonds is 4. The molecule has 0 amide bonds. The number of benzene rings is 1. The van der Waals surface area contributed by atoms with Crippen LogP contribution in [0.25, 0.3) is 10.9 Å². The summed E-state index contributed by atoms with van der Waals surface area (Å²) in [6.07, 6.45) is 4.43. The van der Waals surface area contributed by atoms with Gasteiger partial charge in [-0.15, -0.1) is 0 Å². The van der Waals surface area contributed by atoms with Gasteiger partial charge in [0.05, 0.1) is 5.52 Å². The molecule has 0 aliphatic carbocycles. The zero-order chi connectivity index (χ0) is 14.7. The monoisotopic (exact) mass is 283 g/mol. The highest BCUT2D eigenvalue weighted by Gasteiger charge is 2.28. The number of aromatic nitrogens is 1. The minimum atomic E-state index is 0.449. The fourth-order valence-electron chi connectivity index (χ4n) is 3.08. The van der Waals surface area contributed by atoms with Gasteiger partial charge in [0.15, 0.2) is 0 Å². The number of fused-ring (bicyclic) bond motifs is 1. The molecule has 21 heavy (non-hydrogen) atoms. The quantitative estimate of drug-likeness (QED) is 0.935. The molecule has 2 aromatic rings. The van der Waals surface area contributed by atoms with Gasteiger partial charge in [-0.1, -0.05) is 19.1 Å². The standard InChI is InChI=1S/C18H25N3/c1-18(7-10-21(2)11-8-18)14-19-13-15-5-6-17-16(12-15)4-3-9-20-17/h3-6,9,12,19H,7-8,10-11,13-14H2,1-2H3. The molecule has 0 spiro atoms. The van der Waals surface area contributed by atoms with Crippen molar-refractivity contribution in [2.75, 3.05) is 26.7 Å². The van der Waals surface area contributed by atoms with E-state index in [2.05, 4.69) is 53.4 Å². The van der Waals surface area contributed by atoms with Crippen LogP contribution in [-0.2, 0) is 6.54 Å². The van der Waals surface area contributed by atoms with Crippen molar-refractivity contribution in [2.45, 2.75) is 26.3 Å². The first-order valence-electron chi connectivity index (χ1n) is 7.88. The number of nitrogens with one attached hydrogen (secondary N) is 1. The van der Waals surface area contributed by atoms with Crippen LogP contribution in [-0.4, -0.2) is 36.6 Å². The van der Waals surface area contributed by atoms with Crippen LogP contribution in [0.15, 0.2) is 36.5 Å². The van der Waals surface area contributed by atoms with Gasteiger partial charge in [-0.3, -0.25) is 4.98 Å². The first-order valence-corrected chi connectivity index (χ1v) is 7.88. The van der Waals surface area contributed by atoms with Gasteiger partial charge >= 0.3 is 0 Å². The van der Waals surface area contributed by atoms with Crippen LogP contribution in [0.3, 0.4) is 0 Å². The molecule has 1 N–H and O–H groups in total. The molecule has 1 aliphatic heterocycles. The van der Waals surface area contributed by atoms with Gasteiger partial charge < -0.3 is 10.2 Å². The summed E-state index contributed by atoms with van der Waals surface area (Å²) in [7, 11) is 2.22. The summed E-state index contributed by atoms with van der Waals surface area (Å²) in [5, 5.41) is 4.88. The van der Waals surface area contributed by atoms with Crippen molar-refractivity contribution in [2.24, 2.45) is 5.41 Å². The number of hydrogen-bond donors (Lipinski definition) is 1. The predicted molar refractivity (Wildman–Crippen MR) is 88.3 cm³/mol. The maximum absolute atomic E-state index is 4.37. The lowest BCUT2D eigenvalue weighted by Gasteiger charge is -2.38. The minimum Gasteiger partial charge on any atom is -0.312 e. The van der Waals surface area contributed by atoms with E-state index in [0.717, 1.165) is 18.6 Å². The van der Waals surface area contributed by atoms with Crippen molar-refractivity contribution in [3.05, 3.63) is 42.1 Å². The third kappa shape index (κ3) is 3.60. The first-order chi connectivity index (χ1) is 10.1. The molecule has 1 aromatic carbocycles. The lowest BCUT2D eigenvalue weighted by atomic mass is 9.80. The van der Waals surface area contributed by atoms with Crippen LogP contribution in [0.4, 0.5) is 0 Å². The Balaban J connectivity index is 1.56. The van der Waals surface area contributed by atoms with Crippen molar-refractivity contribution >= 4 is 10.9 Å². The number of hydrogen-bond acceptors (Lipinski definition) is 3. The zero-order valence-corrected chi connectivity index (χ0v) is 13.1. The second-order valence-electron chi connectivity index (χ2n) is 6.75. The maximum Gasteiger partial charge on any atom is 0.0702 e. The van der Waals surface area contributed by atoms with Crippen LogP contribution >= 0.6 is 0 Å². The van der Waals surface area contributed by atoms with Gasteiger partial charge in [0.1, 0.15) is 0 Å². The molecular weight excluding hydrogens is 258 g/mol. The molecule has 0 radical (unpaired) electrons. The lowest BCUT2D eigenvalue weighted by Crippen LogP contribution is -2.41. The van der Waals surface area contributed by atoms with E-state index in [9.17, 15) is 0 Å². The highest BCUT2D eigenvalue weighted by atomic mass is 15.1. The molecule has 1 fully saturated rings. The summed E-state index contributed by atoms with van der Waals surface area (Å²) < 4.78 is 0. The fraction of sp³-hybridized carbons (Fsp3) is 0.500. The Morgan fingerprint density at radius 1 is 1.24 bits per heavy atom. The van der Waals surface area contributed by atoms with Crippen LogP contribution in [0, 0.1) is 5.41 Å². The molecular formula is C18H25N3. The molecule has 1 saturated heterocycles. The van der Waals surface area contributed by atoms with E-state index in [-0.39, 0.29) is 0 Å². The molecule has 0 atom stereocenters. The van der Waals surface area contributed by atoms with Crippen molar-refractivity contribution in [1.29, 1.82) is 0 Å². The van der Waals surface area contributed by atoms with Crippen molar-refractivity contribution in [1.82, 2.24) is 15.2 Å². The Morgan fingerprint density at radius 2 is 2.05 bits per heavy atom. The van der Waals surface area contributed by atoms with E-state index >= 15 is 0 Å². The van der Waals surface area contributed by atoms with E-state index in [4.69, 9.17) is 0 Å². The predicted octanol–water partition coefficient (Wildman–Crippen LogP) is 3.06. The van der Waals surface area contributed by atoms with E-state index in [0.29, 0.717) is 5.41 Å². The summed E-state index contributed by atoms with van der Waals surface area (Å²) in [6, 6.07) is 10.7. The molecule has 112 valence electrons. The van der Waals surface area contributed by atoms with Gasteiger partial charge in [0, 0.05) is 24.7 Å². The minimum absolute atomic E-state index is 0.449. The normalized spacial score (nSPS) is 19.0. The van der Waals surface area contributed by atoms with Crippen LogP contribution in [0.2, 0.25) is 0 Å². The molecule has 2 heterocycles.